The highest BCUT2D eigenvalue weighted by Gasteiger charge is 2.15. The van der Waals surface area contributed by atoms with Crippen molar-refractivity contribution in [3.63, 3.8) is 0 Å². The molecule has 3 aromatic rings. The van der Waals surface area contributed by atoms with E-state index in [4.69, 9.17) is 23.2 Å². The molecule has 1 aromatic heterocycles. The maximum absolute atomic E-state index is 12.3. The molecule has 0 unspecified atom stereocenters. The highest BCUT2D eigenvalue weighted by Crippen LogP contribution is 2.28. The first kappa shape index (κ1) is 22.6. The normalized spacial score (nSPS) is 10.7. The van der Waals surface area contributed by atoms with E-state index >= 15 is 0 Å². The molecule has 0 aliphatic rings. The van der Waals surface area contributed by atoms with Crippen LogP contribution in [0.1, 0.15) is 27.0 Å². The molecule has 0 radical (unpaired) electrons. The van der Waals surface area contributed by atoms with Crippen molar-refractivity contribution in [3.8, 4) is 0 Å². The number of hydrogen-bond donors (Lipinski definition) is 2. The quantitative estimate of drug-likeness (QED) is 0.346. The summed E-state index contributed by atoms with van der Waals surface area (Å²) in [6.07, 6.45) is 0. The van der Waals surface area contributed by atoms with Gasteiger partial charge in [-0.3, -0.25) is 14.9 Å². The zero-order valence-electron chi connectivity index (χ0n) is 16.4. The summed E-state index contributed by atoms with van der Waals surface area (Å²) in [5.74, 6) is -0.366. The SMILES string of the molecule is Cc1cc(C)c(NC(=O)CSc2nnc(NC(=O)c3ccc(Cl)cc3Cl)s2)c(C)c1. The predicted octanol–water partition coefficient (Wildman–Crippen LogP) is 5.75. The molecule has 0 atom stereocenters. The lowest BCUT2D eigenvalue weighted by Gasteiger charge is -2.12. The fourth-order valence-corrected chi connectivity index (χ4v) is 4.88. The van der Waals surface area contributed by atoms with Crippen molar-refractivity contribution in [2.45, 2.75) is 25.1 Å². The van der Waals surface area contributed by atoms with Gasteiger partial charge in [0.15, 0.2) is 4.34 Å². The molecule has 6 nitrogen and oxygen atoms in total. The van der Waals surface area contributed by atoms with Gasteiger partial charge in [-0.25, -0.2) is 0 Å². The molecule has 30 heavy (non-hydrogen) atoms. The molecule has 0 saturated carbocycles. The number of hydrogen-bond acceptors (Lipinski definition) is 6. The summed E-state index contributed by atoms with van der Waals surface area (Å²) >= 11 is 14.3. The standard InChI is InChI=1S/C20H18Cl2N4O2S2/c1-10-6-11(2)17(12(3)7-10)23-16(27)9-29-20-26-25-19(30-20)24-18(28)14-5-4-13(21)8-15(14)22/h4-8H,9H2,1-3H3,(H,23,27)(H,24,25,28). The second kappa shape index (κ2) is 9.78. The summed E-state index contributed by atoms with van der Waals surface area (Å²) in [4.78, 5) is 24.7. The van der Waals surface area contributed by atoms with Crippen LogP contribution in [0.5, 0.6) is 0 Å². The first-order valence-electron chi connectivity index (χ1n) is 8.83. The van der Waals surface area contributed by atoms with Crippen molar-refractivity contribution in [2.75, 3.05) is 16.4 Å². The van der Waals surface area contributed by atoms with Gasteiger partial charge in [0.1, 0.15) is 0 Å². The lowest BCUT2D eigenvalue weighted by Crippen LogP contribution is -2.15. The lowest BCUT2D eigenvalue weighted by atomic mass is 10.1. The van der Waals surface area contributed by atoms with Crippen LogP contribution in [-0.2, 0) is 4.79 Å². The molecule has 0 bridgehead atoms. The van der Waals surface area contributed by atoms with Crippen LogP contribution in [-0.4, -0.2) is 27.8 Å². The van der Waals surface area contributed by atoms with E-state index in [0.29, 0.717) is 14.5 Å². The molecular weight excluding hydrogens is 463 g/mol. The Bertz CT molecular complexity index is 1090. The fraction of sp³-hybridized carbons (Fsp3) is 0.200. The Morgan fingerprint density at radius 2 is 1.73 bits per heavy atom. The van der Waals surface area contributed by atoms with Gasteiger partial charge < -0.3 is 5.32 Å². The van der Waals surface area contributed by atoms with Gasteiger partial charge in [-0.15, -0.1) is 10.2 Å². The molecule has 2 aromatic carbocycles. The lowest BCUT2D eigenvalue weighted by molar-refractivity contribution is -0.113. The monoisotopic (exact) mass is 480 g/mol. The van der Waals surface area contributed by atoms with E-state index in [1.54, 1.807) is 6.07 Å². The number of aromatic nitrogens is 2. The Morgan fingerprint density at radius 3 is 2.40 bits per heavy atom. The van der Waals surface area contributed by atoms with Crippen molar-refractivity contribution in [1.82, 2.24) is 10.2 Å². The van der Waals surface area contributed by atoms with E-state index in [9.17, 15) is 9.59 Å². The highest BCUT2D eigenvalue weighted by atomic mass is 35.5. The summed E-state index contributed by atoms with van der Waals surface area (Å²) in [5, 5.41) is 14.6. The number of benzene rings is 2. The number of rotatable bonds is 6. The van der Waals surface area contributed by atoms with Crippen LogP contribution in [0.25, 0.3) is 0 Å². The maximum atomic E-state index is 12.3. The van der Waals surface area contributed by atoms with Gasteiger partial charge in [0.05, 0.1) is 16.3 Å². The van der Waals surface area contributed by atoms with Crippen molar-refractivity contribution in [3.05, 3.63) is 62.6 Å². The van der Waals surface area contributed by atoms with Crippen LogP contribution in [0.2, 0.25) is 10.0 Å². The number of anilines is 2. The number of halogens is 2. The van der Waals surface area contributed by atoms with Crippen LogP contribution < -0.4 is 10.6 Å². The first-order valence-corrected chi connectivity index (χ1v) is 11.4. The second-order valence-corrected chi connectivity index (χ2v) is 9.61. The van der Waals surface area contributed by atoms with Crippen LogP contribution >= 0.6 is 46.3 Å². The van der Waals surface area contributed by atoms with E-state index in [1.165, 1.54) is 35.2 Å². The van der Waals surface area contributed by atoms with Crippen LogP contribution in [0.4, 0.5) is 10.8 Å². The third-order valence-electron chi connectivity index (χ3n) is 4.07. The summed E-state index contributed by atoms with van der Waals surface area (Å²) < 4.78 is 0.569. The minimum absolute atomic E-state index is 0.135. The molecule has 0 fully saturated rings. The number of aryl methyl sites for hydroxylation is 3. The number of nitrogens with one attached hydrogen (secondary N) is 2. The topological polar surface area (TPSA) is 84.0 Å². The van der Waals surface area contributed by atoms with Crippen LogP contribution in [0.3, 0.4) is 0 Å². The molecule has 156 valence electrons. The van der Waals surface area contributed by atoms with Crippen LogP contribution in [0, 0.1) is 20.8 Å². The van der Waals surface area contributed by atoms with Crippen molar-refractivity contribution in [2.24, 2.45) is 0 Å². The van der Waals surface area contributed by atoms with E-state index in [-0.39, 0.29) is 22.2 Å². The van der Waals surface area contributed by atoms with Gasteiger partial charge in [0.25, 0.3) is 5.91 Å². The summed E-state index contributed by atoms with van der Waals surface area (Å²) in [6, 6.07) is 8.68. The van der Waals surface area contributed by atoms with Crippen molar-refractivity contribution < 1.29 is 9.59 Å². The summed E-state index contributed by atoms with van der Waals surface area (Å²) in [7, 11) is 0. The van der Waals surface area contributed by atoms with Gasteiger partial charge in [-0.05, 0) is 50.1 Å². The predicted molar refractivity (Wildman–Crippen MR) is 124 cm³/mol. The average molecular weight is 481 g/mol. The number of nitrogens with zero attached hydrogens (tertiary/aromatic N) is 2. The van der Waals surface area contributed by atoms with Gasteiger partial charge in [0, 0.05) is 10.7 Å². The number of thioether (sulfide) groups is 1. The van der Waals surface area contributed by atoms with Gasteiger partial charge in [-0.1, -0.05) is 64.0 Å². The Labute approximate surface area is 192 Å². The molecular formula is C20H18Cl2N4O2S2. The highest BCUT2D eigenvalue weighted by molar-refractivity contribution is 8.01. The summed E-state index contributed by atoms with van der Waals surface area (Å²) in [6.45, 7) is 5.96. The second-order valence-electron chi connectivity index (χ2n) is 6.56. The molecule has 0 aliphatic heterocycles. The number of amides is 2. The third kappa shape index (κ3) is 5.72. The van der Waals surface area contributed by atoms with Gasteiger partial charge >= 0.3 is 0 Å². The van der Waals surface area contributed by atoms with E-state index in [2.05, 4.69) is 20.8 Å². The Morgan fingerprint density at radius 1 is 1.03 bits per heavy atom. The molecule has 1 heterocycles. The Hall–Kier alpha value is -2.13. The Kier molecular flexibility index (Phi) is 7.36. The molecule has 0 spiro atoms. The first-order chi connectivity index (χ1) is 14.2. The van der Waals surface area contributed by atoms with E-state index in [1.807, 2.05) is 32.9 Å². The number of carbonyl (C=O) groups excluding carboxylic acids is 2. The van der Waals surface area contributed by atoms with Crippen molar-refractivity contribution >= 4 is 68.9 Å². The maximum Gasteiger partial charge on any atom is 0.259 e. The zero-order valence-corrected chi connectivity index (χ0v) is 19.5. The molecule has 2 N–H and O–H groups in total. The molecule has 2 amide bonds. The molecule has 10 heteroatoms. The smallest absolute Gasteiger partial charge is 0.259 e. The molecule has 0 saturated heterocycles. The minimum atomic E-state index is -0.410. The van der Waals surface area contributed by atoms with Gasteiger partial charge in [-0.2, -0.15) is 0 Å². The fourth-order valence-electron chi connectivity index (χ4n) is 2.84. The summed E-state index contributed by atoms with van der Waals surface area (Å²) in [5.41, 5.74) is 4.31. The number of carbonyl (C=O) groups is 2. The molecule has 0 aliphatic carbocycles. The van der Waals surface area contributed by atoms with E-state index in [0.717, 1.165) is 22.4 Å². The minimum Gasteiger partial charge on any atom is -0.325 e. The zero-order chi connectivity index (χ0) is 21.8. The van der Waals surface area contributed by atoms with Gasteiger partial charge in [0.2, 0.25) is 11.0 Å². The van der Waals surface area contributed by atoms with Crippen molar-refractivity contribution in [1.29, 1.82) is 0 Å². The largest absolute Gasteiger partial charge is 0.325 e. The average Bonchev–Trinajstić information content (AvgIpc) is 3.10. The Balaban J connectivity index is 1.57. The molecule has 3 rings (SSSR count). The third-order valence-corrected chi connectivity index (χ3v) is 6.59. The van der Waals surface area contributed by atoms with Crippen LogP contribution in [0.15, 0.2) is 34.7 Å². The van der Waals surface area contributed by atoms with E-state index < -0.39 is 5.91 Å².